The van der Waals surface area contributed by atoms with Crippen LogP contribution in [0.5, 0.6) is 0 Å². The van der Waals surface area contributed by atoms with Gasteiger partial charge in [0.05, 0.1) is 13.1 Å². The van der Waals surface area contributed by atoms with Gasteiger partial charge in [-0.1, -0.05) is 17.7 Å². The Kier molecular flexibility index (Phi) is 6.39. The standard InChI is InChI=1S/C14H15ClF3N3O2S/c1-22-12(23-2)8-21(7-9-6-19-13(15)24-9)11-5-3-4-10(20-11)14(16,17)18/h3-6,12H,7-8H2,1-2H3. The molecule has 0 fully saturated rings. The molecule has 0 aliphatic heterocycles. The maximum absolute atomic E-state index is 12.9. The van der Waals surface area contributed by atoms with Gasteiger partial charge in [-0.15, -0.1) is 11.3 Å². The molecule has 0 spiro atoms. The fraction of sp³-hybridized carbons (Fsp3) is 0.429. The number of hydrogen-bond donors (Lipinski definition) is 0. The third-order valence-electron chi connectivity index (χ3n) is 3.12. The molecule has 0 N–H and O–H groups in total. The first kappa shape index (κ1) is 18.9. The van der Waals surface area contributed by atoms with Gasteiger partial charge in [0.1, 0.15) is 11.5 Å². The zero-order valence-corrected chi connectivity index (χ0v) is 14.5. The maximum Gasteiger partial charge on any atom is 0.433 e. The van der Waals surface area contributed by atoms with Crippen molar-refractivity contribution in [3.8, 4) is 0 Å². The number of anilines is 1. The number of ether oxygens (including phenoxy) is 2. The first-order chi connectivity index (χ1) is 11.3. The van der Waals surface area contributed by atoms with E-state index in [1.165, 1.54) is 37.7 Å². The molecule has 0 atom stereocenters. The Morgan fingerprint density at radius 2 is 2.00 bits per heavy atom. The van der Waals surface area contributed by atoms with Crippen molar-refractivity contribution < 1.29 is 22.6 Å². The van der Waals surface area contributed by atoms with E-state index in [2.05, 4.69) is 9.97 Å². The Morgan fingerprint density at radius 1 is 1.29 bits per heavy atom. The monoisotopic (exact) mass is 381 g/mol. The molecule has 0 saturated carbocycles. The molecule has 0 amide bonds. The minimum Gasteiger partial charge on any atom is -0.354 e. The van der Waals surface area contributed by atoms with E-state index in [0.717, 1.165) is 10.9 Å². The van der Waals surface area contributed by atoms with Crippen molar-refractivity contribution in [2.75, 3.05) is 25.7 Å². The molecule has 0 unspecified atom stereocenters. The summed E-state index contributed by atoms with van der Waals surface area (Å²) in [6.07, 6.45) is -3.57. The molecule has 24 heavy (non-hydrogen) atoms. The smallest absolute Gasteiger partial charge is 0.354 e. The van der Waals surface area contributed by atoms with Crippen LogP contribution < -0.4 is 4.90 Å². The lowest BCUT2D eigenvalue weighted by Gasteiger charge is -2.27. The number of alkyl halides is 3. The van der Waals surface area contributed by atoms with Crippen molar-refractivity contribution >= 4 is 28.8 Å². The van der Waals surface area contributed by atoms with Gasteiger partial charge < -0.3 is 14.4 Å². The Labute approximate surface area is 146 Å². The van der Waals surface area contributed by atoms with E-state index < -0.39 is 18.2 Å². The van der Waals surface area contributed by atoms with E-state index in [1.54, 1.807) is 11.1 Å². The molecule has 132 valence electrons. The second kappa shape index (κ2) is 8.11. The highest BCUT2D eigenvalue weighted by Crippen LogP contribution is 2.30. The topological polar surface area (TPSA) is 47.5 Å². The normalized spacial score (nSPS) is 12.0. The molecular weight excluding hydrogens is 367 g/mol. The maximum atomic E-state index is 12.9. The number of thiazole rings is 1. The van der Waals surface area contributed by atoms with Crippen LogP contribution in [0.15, 0.2) is 24.4 Å². The lowest BCUT2D eigenvalue weighted by Crippen LogP contribution is -2.34. The molecular formula is C14H15ClF3N3O2S. The number of halogens is 4. The molecule has 0 saturated heterocycles. The predicted molar refractivity (Wildman–Crippen MR) is 85.2 cm³/mol. The van der Waals surface area contributed by atoms with Gasteiger partial charge in [-0.25, -0.2) is 9.97 Å². The first-order valence-corrected chi connectivity index (χ1v) is 7.98. The van der Waals surface area contributed by atoms with Gasteiger partial charge >= 0.3 is 6.18 Å². The van der Waals surface area contributed by atoms with Crippen LogP contribution in [0.25, 0.3) is 0 Å². The largest absolute Gasteiger partial charge is 0.433 e. The van der Waals surface area contributed by atoms with Crippen LogP contribution in [0.4, 0.5) is 19.0 Å². The van der Waals surface area contributed by atoms with Crippen LogP contribution in [0, 0.1) is 0 Å². The zero-order chi connectivity index (χ0) is 17.7. The Balaban J connectivity index is 2.30. The van der Waals surface area contributed by atoms with Gasteiger partial charge in [0.2, 0.25) is 0 Å². The third-order valence-corrected chi connectivity index (χ3v) is 4.22. The lowest BCUT2D eigenvalue weighted by molar-refractivity contribution is -0.141. The lowest BCUT2D eigenvalue weighted by atomic mass is 10.3. The molecule has 0 aliphatic rings. The second-order valence-electron chi connectivity index (χ2n) is 4.74. The molecule has 10 heteroatoms. The summed E-state index contributed by atoms with van der Waals surface area (Å²) < 4.78 is 49.3. The van der Waals surface area contributed by atoms with E-state index in [9.17, 15) is 13.2 Å². The average Bonchev–Trinajstić information content (AvgIpc) is 2.96. The number of rotatable bonds is 7. The van der Waals surface area contributed by atoms with Gasteiger partial charge in [0, 0.05) is 25.3 Å². The molecule has 2 rings (SSSR count). The molecule has 0 radical (unpaired) electrons. The Bertz CT molecular complexity index is 665. The van der Waals surface area contributed by atoms with Gasteiger partial charge in [0.15, 0.2) is 10.8 Å². The van der Waals surface area contributed by atoms with Crippen molar-refractivity contribution in [3.05, 3.63) is 39.4 Å². The Morgan fingerprint density at radius 3 is 2.54 bits per heavy atom. The molecule has 2 heterocycles. The SMILES string of the molecule is COC(CN(Cc1cnc(Cl)s1)c1cccc(C(F)(F)F)n1)OC. The summed E-state index contributed by atoms with van der Waals surface area (Å²) in [6.45, 7) is 0.471. The van der Waals surface area contributed by atoms with Crippen molar-refractivity contribution in [3.63, 3.8) is 0 Å². The summed E-state index contributed by atoms with van der Waals surface area (Å²) in [5.74, 6) is 0.161. The van der Waals surface area contributed by atoms with Crippen LogP contribution in [0.1, 0.15) is 10.6 Å². The number of hydrogen-bond acceptors (Lipinski definition) is 6. The van der Waals surface area contributed by atoms with Crippen LogP contribution in [-0.2, 0) is 22.2 Å². The van der Waals surface area contributed by atoms with E-state index in [1.807, 2.05) is 0 Å². The van der Waals surface area contributed by atoms with Crippen molar-refractivity contribution in [1.29, 1.82) is 0 Å². The Hall–Kier alpha value is -1.42. The molecule has 2 aromatic heterocycles. The zero-order valence-electron chi connectivity index (χ0n) is 12.9. The van der Waals surface area contributed by atoms with Gasteiger partial charge in [-0.2, -0.15) is 13.2 Å². The number of nitrogens with zero attached hydrogens (tertiary/aromatic N) is 3. The molecule has 0 aromatic carbocycles. The van der Waals surface area contributed by atoms with Crippen molar-refractivity contribution in [1.82, 2.24) is 9.97 Å². The fourth-order valence-electron chi connectivity index (χ4n) is 1.97. The number of methoxy groups -OCH3 is 2. The molecule has 0 bridgehead atoms. The van der Waals surface area contributed by atoms with Crippen LogP contribution in [0.3, 0.4) is 0 Å². The van der Waals surface area contributed by atoms with Crippen LogP contribution in [0.2, 0.25) is 4.47 Å². The molecule has 0 aliphatic carbocycles. The molecule has 2 aromatic rings. The first-order valence-electron chi connectivity index (χ1n) is 6.78. The van der Waals surface area contributed by atoms with E-state index in [4.69, 9.17) is 21.1 Å². The predicted octanol–water partition coefficient (Wildman–Crippen LogP) is 3.84. The minimum atomic E-state index is -4.52. The summed E-state index contributed by atoms with van der Waals surface area (Å²) in [6, 6.07) is 3.74. The minimum absolute atomic E-state index is 0.161. The second-order valence-corrected chi connectivity index (χ2v) is 6.44. The summed E-state index contributed by atoms with van der Waals surface area (Å²) in [5, 5.41) is 0. The highest BCUT2D eigenvalue weighted by atomic mass is 35.5. The number of aromatic nitrogens is 2. The van der Waals surface area contributed by atoms with Crippen LogP contribution >= 0.6 is 22.9 Å². The quantitative estimate of drug-likeness (QED) is 0.682. The highest BCUT2D eigenvalue weighted by Gasteiger charge is 2.33. The highest BCUT2D eigenvalue weighted by molar-refractivity contribution is 7.15. The van der Waals surface area contributed by atoms with Gasteiger partial charge in [0.25, 0.3) is 0 Å². The summed E-state index contributed by atoms with van der Waals surface area (Å²) >= 11 is 7.05. The van der Waals surface area contributed by atoms with E-state index in [-0.39, 0.29) is 18.9 Å². The summed E-state index contributed by atoms with van der Waals surface area (Å²) in [5.41, 5.74) is -0.960. The summed E-state index contributed by atoms with van der Waals surface area (Å²) in [7, 11) is 2.91. The van der Waals surface area contributed by atoms with Gasteiger partial charge in [-0.3, -0.25) is 0 Å². The average molecular weight is 382 g/mol. The van der Waals surface area contributed by atoms with Gasteiger partial charge in [-0.05, 0) is 12.1 Å². The van der Waals surface area contributed by atoms with Crippen molar-refractivity contribution in [2.24, 2.45) is 0 Å². The van der Waals surface area contributed by atoms with E-state index >= 15 is 0 Å². The van der Waals surface area contributed by atoms with Crippen molar-refractivity contribution in [2.45, 2.75) is 19.0 Å². The summed E-state index contributed by atoms with van der Waals surface area (Å²) in [4.78, 5) is 10.0. The third kappa shape index (κ3) is 5.04. The van der Waals surface area contributed by atoms with E-state index in [0.29, 0.717) is 4.47 Å². The molecule has 5 nitrogen and oxygen atoms in total. The number of pyridine rings is 1. The van der Waals surface area contributed by atoms with Crippen LogP contribution in [-0.4, -0.2) is 37.0 Å². The fourth-order valence-corrected chi connectivity index (χ4v) is 2.96.